The minimum atomic E-state index is -1.45. The van der Waals surface area contributed by atoms with Gasteiger partial charge in [-0.05, 0) is 126 Å². The molecule has 0 spiro atoms. The summed E-state index contributed by atoms with van der Waals surface area (Å²) in [7, 11) is 4.45. The van der Waals surface area contributed by atoms with Crippen molar-refractivity contribution in [2.24, 2.45) is 35.5 Å². The maximum absolute atomic E-state index is 14.0. The first kappa shape index (κ1) is 74.8. The molecular weight excluding hydrogens is 1080 g/mol. The zero-order valence-corrected chi connectivity index (χ0v) is 50.2. The number of carbonyl (C=O) groups excluding carboxylic acids is 4. The van der Waals surface area contributed by atoms with E-state index < -0.39 is 60.5 Å². The molecule has 16 atom stereocenters. The lowest BCUT2D eigenvalue weighted by molar-refractivity contribution is -0.138. The Morgan fingerprint density at radius 3 is 1.41 bits per heavy atom. The summed E-state index contributed by atoms with van der Waals surface area (Å²) < 4.78 is 52.5. The van der Waals surface area contributed by atoms with E-state index in [0.29, 0.717) is 116 Å². The number of aliphatic hydroxyl groups is 3. The fourth-order valence-electron chi connectivity index (χ4n) is 11.0. The van der Waals surface area contributed by atoms with Crippen molar-refractivity contribution in [2.75, 3.05) is 0 Å². The molecule has 3 aliphatic carbocycles. The molecular formula is C60H103F3O15P2. The van der Waals surface area contributed by atoms with Crippen molar-refractivity contribution < 1.29 is 89.3 Å². The van der Waals surface area contributed by atoms with E-state index in [1.165, 1.54) is 0 Å². The zero-order valence-electron chi connectivity index (χ0n) is 47.9. The Morgan fingerprint density at radius 1 is 0.537 bits per heavy atom. The van der Waals surface area contributed by atoms with E-state index in [4.69, 9.17) is 24.4 Å². The first-order valence-corrected chi connectivity index (χ1v) is 30.5. The van der Waals surface area contributed by atoms with Crippen LogP contribution < -0.4 is 0 Å². The fourth-order valence-corrected chi connectivity index (χ4v) is 11.6. The van der Waals surface area contributed by atoms with E-state index in [0.717, 1.165) is 25.7 Å². The Bertz CT molecular complexity index is 1900. The third-order valence-electron chi connectivity index (χ3n) is 15.8. The summed E-state index contributed by atoms with van der Waals surface area (Å²) in [5.74, 6) is -4.08. The molecule has 3 rings (SSSR count). The Hall–Kier alpha value is -3.24. The van der Waals surface area contributed by atoms with Gasteiger partial charge in [0.1, 0.15) is 17.7 Å². The molecule has 0 aromatic carbocycles. The van der Waals surface area contributed by atoms with E-state index in [9.17, 15) is 62.1 Å². The third-order valence-corrected chi connectivity index (χ3v) is 16.5. The maximum Gasteiger partial charge on any atom is 0.303 e. The molecule has 0 aromatic rings. The summed E-state index contributed by atoms with van der Waals surface area (Å²) in [6, 6.07) is 0. The van der Waals surface area contributed by atoms with Crippen LogP contribution in [0.4, 0.5) is 13.2 Å². The number of hydrogen-bond donors (Lipinski definition) is 6. The second-order valence-corrected chi connectivity index (χ2v) is 22.5. The highest BCUT2D eigenvalue weighted by atomic mass is 31.0. The molecule has 0 aromatic heterocycles. The SMILES string of the molecule is CCCCC(F)C(=O)CC[C@H]1C(O)CC(=O)C1C/C=C\CCCC(=O)O.CCCCC(F)C(=O)CC[C@H]1C(OP)CC(=O)C1C/C=C\CCCC(=O)O.CCCCC(F)C(O)CC[C@H]1C(OP)CC(O)C1C/C=C\CCCC(=O)O.[3HH].[3HH]. The van der Waals surface area contributed by atoms with Gasteiger partial charge in [-0.15, -0.1) is 0 Å². The van der Waals surface area contributed by atoms with Gasteiger partial charge in [0.25, 0.3) is 0 Å². The van der Waals surface area contributed by atoms with Gasteiger partial charge in [-0.25, -0.2) is 13.2 Å². The van der Waals surface area contributed by atoms with Gasteiger partial charge in [-0.1, -0.05) is 95.8 Å². The quantitative estimate of drug-likeness (QED) is 0.0189. The smallest absolute Gasteiger partial charge is 0.303 e. The molecule has 6 N–H and O–H groups in total. The van der Waals surface area contributed by atoms with Gasteiger partial charge < -0.3 is 39.7 Å². The molecule has 0 radical (unpaired) electrons. The molecule has 0 bridgehead atoms. The number of carbonyl (C=O) groups is 7. The molecule has 15 nitrogen and oxygen atoms in total. The normalized spacial score (nSPS) is 25.3. The molecule has 13 unspecified atom stereocenters. The number of allylic oxidation sites excluding steroid dienone is 6. The Kier molecular flexibility index (Phi) is 41.4. The number of unbranched alkanes of at least 4 members (excludes halogenated alkanes) is 6. The van der Waals surface area contributed by atoms with Crippen LogP contribution in [-0.2, 0) is 42.6 Å². The molecule has 3 fully saturated rings. The number of aliphatic hydroxyl groups excluding tert-OH is 3. The van der Waals surface area contributed by atoms with Crippen LogP contribution in [0.3, 0.4) is 0 Å². The van der Waals surface area contributed by atoms with Crippen LogP contribution in [0, 0.1) is 35.5 Å². The van der Waals surface area contributed by atoms with Crippen molar-refractivity contribution in [1.29, 1.82) is 0 Å². The topological polar surface area (TPSA) is 259 Å². The van der Waals surface area contributed by atoms with E-state index in [1.807, 2.05) is 57.2 Å². The van der Waals surface area contributed by atoms with Crippen molar-refractivity contribution in [3.05, 3.63) is 36.5 Å². The number of carboxylic acids is 3. The largest absolute Gasteiger partial charge is 0.481 e. The number of Topliss-reactive ketones (excluding diaryl/α,β-unsaturated/α-hetero) is 4. The average molecular weight is 1190 g/mol. The van der Waals surface area contributed by atoms with Crippen LogP contribution >= 0.6 is 18.9 Å². The first-order chi connectivity index (χ1) is 38.2. The van der Waals surface area contributed by atoms with Crippen LogP contribution in [0.25, 0.3) is 0 Å². The van der Waals surface area contributed by atoms with Crippen molar-refractivity contribution in [1.82, 2.24) is 0 Å². The van der Waals surface area contributed by atoms with Gasteiger partial charge in [0, 0.05) is 85.0 Å². The van der Waals surface area contributed by atoms with E-state index >= 15 is 0 Å². The Morgan fingerprint density at radius 2 is 0.963 bits per heavy atom. The van der Waals surface area contributed by atoms with Crippen molar-refractivity contribution in [3.8, 4) is 0 Å². The fraction of sp³-hybridized carbons (Fsp3) is 0.783. The Labute approximate surface area is 482 Å². The lowest BCUT2D eigenvalue weighted by Crippen LogP contribution is -2.27. The highest BCUT2D eigenvalue weighted by Crippen LogP contribution is 2.42. The average Bonchev–Trinajstić information content (AvgIpc) is 4.05. The molecule has 0 saturated heterocycles. The summed E-state index contributed by atoms with van der Waals surface area (Å²) in [5, 5.41) is 56.4. The van der Waals surface area contributed by atoms with Crippen molar-refractivity contribution >= 4 is 60.0 Å². The predicted molar refractivity (Wildman–Crippen MR) is 313 cm³/mol. The van der Waals surface area contributed by atoms with Gasteiger partial charge in [0.05, 0.1) is 30.5 Å². The number of halogens is 3. The zero-order chi connectivity index (χ0) is 60.0. The second-order valence-electron chi connectivity index (χ2n) is 21.9. The summed E-state index contributed by atoms with van der Waals surface area (Å²) in [4.78, 5) is 79.8. The van der Waals surface area contributed by atoms with Crippen LogP contribution in [0.1, 0.15) is 216 Å². The van der Waals surface area contributed by atoms with E-state index in [-0.39, 0.29) is 119 Å². The molecule has 3 aliphatic rings. The molecule has 20 heteroatoms. The van der Waals surface area contributed by atoms with Crippen LogP contribution in [-0.4, -0.2) is 121 Å². The molecule has 464 valence electrons. The van der Waals surface area contributed by atoms with Gasteiger partial charge in [0.2, 0.25) is 0 Å². The highest BCUT2D eigenvalue weighted by molar-refractivity contribution is 7.10. The van der Waals surface area contributed by atoms with Crippen molar-refractivity contribution in [3.63, 3.8) is 0 Å². The number of ketones is 4. The molecule has 3 saturated carbocycles. The van der Waals surface area contributed by atoms with E-state index in [1.54, 1.807) is 0 Å². The number of rotatable bonds is 41. The van der Waals surface area contributed by atoms with Crippen LogP contribution in [0.15, 0.2) is 36.5 Å². The monoisotopic (exact) mass is 1190 g/mol. The second kappa shape index (κ2) is 44.3. The third kappa shape index (κ3) is 30.9. The maximum atomic E-state index is 14.0. The summed E-state index contributed by atoms with van der Waals surface area (Å²) in [6.45, 7) is 5.90. The summed E-state index contributed by atoms with van der Waals surface area (Å²) in [5.41, 5.74) is 0. The summed E-state index contributed by atoms with van der Waals surface area (Å²) >= 11 is 0. The van der Waals surface area contributed by atoms with Gasteiger partial charge in [-0.3, -0.25) is 33.6 Å². The number of alkyl halides is 3. The standard InChI is InChI=1S/C20H36FO5P.C20H32FO5P.C20H31FO5.2H2/c2*1-2-3-9-16(21)17(22)12-11-15-14(18(23)13-19(15)26-27)8-6-4-5-7-10-20(24)25;1-2-3-9-16(21)17(22)12-11-15-14(18(23)13-19(15)24)8-6-4-5-7-10-20(25)26;;/h4,6,14-19,22-23H,2-3,5,7-13,27H2,1H3,(H,24,25);4,6,14-16,19H,2-3,5,7-13,27H2,1H3,(H,24,25);4,6,14-16,19,24H,2-3,5,7-13H2,1H3,(H,25,26);2*1H/b3*6-4-;;/t14?,15-,16?,17?,18?,19?;2*14?,15-,16?,19?;;/m111../s1/i;;;2*1+2. The lowest BCUT2D eigenvalue weighted by atomic mass is 9.85. The number of hydrogen-bond acceptors (Lipinski definition) is 12. The minimum Gasteiger partial charge on any atom is -0.481 e. The van der Waals surface area contributed by atoms with Crippen LogP contribution in [0.5, 0.6) is 0 Å². The van der Waals surface area contributed by atoms with Crippen molar-refractivity contribution in [2.45, 2.75) is 262 Å². The molecule has 80 heavy (non-hydrogen) atoms. The number of carboxylic acid groups (broad SMARTS) is 3. The van der Waals surface area contributed by atoms with Gasteiger partial charge >= 0.3 is 17.9 Å². The molecule has 0 amide bonds. The van der Waals surface area contributed by atoms with Gasteiger partial charge in [-0.2, -0.15) is 0 Å². The highest BCUT2D eigenvalue weighted by Gasteiger charge is 2.44. The predicted octanol–water partition coefficient (Wildman–Crippen LogP) is 12.6. The van der Waals surface area contributed by atoms with Crippen LogP contribution in [0.2, 0.25) is 0 Å². The van der Waals surface area contributed by atoms with E-state index in [2.05, 4.69) is 18.9 Å². The Balaban J connectivity index is 0. The number of aliphatic carboxylic acids is 3. The molecule has 0 aliphatic heterocycles. The van der Waals surface area contributed by atoms with Gasteiger partial charge in [0.15, 0.2) is 23.9 Å². The minimum absolute atomic E-state index is 0. The lowest BCUT2D eigenvalue weighted by Gasteiger charge is -2.25. The first-order valence-electron chi connectivity index (χ1n) is 29.6. The molecule has 0 heterocycles. The summed E-state index contributed by atoms with van der Waals surface area (Å²) in [6.07, 6.45) is 19.1.